The second kappa shape index (κ2) is 8.44. The number of benzene rings is 3. The zero-order chi connectivity index (χ0) is 19.3. The smallest absolute Gasteiger partial charge is 0.105 e. The molecule has 4 heteroatoms. The van der Waals surface area contributed by atoms with Gasteiger partial charge in [-0.1, -0.05) is 84.4 Å². The van der Waals surface area contributed by atoms with E-state index >= 15 is 0 Å². The SMILES string of the molecule is NC(NC1NC=CC=C1c1ccc(-c2ccccc2)cc1)c1cccc(Cl)c1. The van der Waals surface area contributed by atoms with Crippen molar-refractivity contribution in [1.29, 1.82) is 0 Å². The lowest BCUT2D eigenvalue weighted by molar-refractivity contribution is 0.474. The Morgan fingerprint density at radius 2 is 1.57 bits per heavy atom. The van der Waals surface area contributed by atoms with Crippen molar-refractivity contribution in [2.45, 2.75) is 12.3 Å². The van der Waals surface area contributed by atoms with Crippen LogP contribution in [0.1, 0.15) is 17.3 Å². The van der Waals surface area contributed by atoms with Crippen LogP contribution in [0.2, 0.25) is 5.02 Å². The molecule has 0 fully saturated rings. The average Bonchev–Trinajstić information content (AvgIpc) is 2.75. The van der Waals surface area contributed by atoms with Gasteiger partial charge in [0.1, 0.15) is 6.17 Å². The lowest BCUT2D eigenvalue weighted by Gasteiger charge is -2.28. The fraction of sp³-hybridized carbons (Fsp3) is 0.0833. The van der Waals surface area contributed by atoms with Gasteiger partial charge in [-0.2, -0.15) is 0 Å². The van der Waals surface area contributed by atoms with Crippen molar-refractivity contribution in [2.75, 3.05) is 0 Å². The van der Waals surface area contributed by atoms with Crippen LogP contribution in [0.3, 0.4) is 0 Å². The molecule has 0 saturated carbocycles. The van der Waals surface area contributed by atoms with Gasteiger partial charge in [-0.25, -0.2) is 0 Å². The van der Waals surface area contributed by atoms with Crippen molar-refractivity contribution in [3.63, 3.8) is 0 Å². The van der Waals surface area contributed by atoms with E-state index in [2.05, 4.69) is 65.2 Å². The molecule has 1 heterocycles. The average molecular weight is 388 g/mol. The molecule has 4 rings (SSSR count). The number of hydrogen-bond donors (Lipinski definition) is 3. The van der Waals surface area contributed by atoms with Crippen LogP contribution in [0.15, 0.2) is 97.2 Å². The van der Waals surface area contributed by atoms with Crippen molar-refractivity contribution < 1.29 is 0 Å². The highest BCUT2D eigenvalue weighted by atomic mass is 35.5. The first-order chi connectivity index (χ1) is 13.7. The summed E-state index contributed by atoms with van der Waals surface area (Å²) >= 11 is 6.10. The van der Waals surface area contributed by atoms with Gasteiger partial charge in [0.2, 0.25) is 0 Å². The first-order valence-electron chi connectivity index (χ1n) is 9.26. The van der Waals surface area contributed by atoms with Crippen LogP contribution in [-0.2, 0) is 0 Å². The van der Waals surface area contributed by atoms with E-state index in [-0.39, 0.29) is 12.3 Å². The van der Waals surface area contributed by atoms with Crippen LogP contribution < -0.4 is 16.4 Å². The molecule has 0 bridgehead atoms. The maximum Gasteiger partial charge on any atom is 0.105 e. The van der Waals surface area contributed by atoms with Gasteiger partial charge >= 0.3 is 0 Å². The van der Waals surface area contributed by atoms with Gasteiger partial charge < -0.3 is 11.1 Å². The summed E-state index contributed by atoms with van der Waals surface area (Å²) in [5, 5.41) is 7.48. The summed E-state index contributed by atoms with van der Waals surface area (Å²) in [6, 6.07) is 26.6. The highest BCUT2D eigenvalue weighted by Crippen LogP contribution is 2.26. The minimum absolute atomic E-state index is 0.0958. The number of hydrogen-bond acceptors (Lipinski definition) is 3. The summed E-state index contributed by atoms with van der Waals surface area (Å²) in [5.41, 5.74) is 12.0. The van der Waals surface area contributed by atoms with Gasteiger partial charge in [-0.05, 0) is 52.2 Å². The van der Waals surface area contributed by atoms with Gasteiger partial charge in [0.25, 0.3) is 0 Å². The normalized spacial score (nSPS) is 16.9. The zero-order valence-electron chi connectivity index (χ0n) is 15.3. The van der Waals surface area contributed by atoms with Gasteiger partial charge in [-0.3, -0.25) is 5.32 Å². The Kier molecular flexibility index (Phi) is 5.58. The molecule has 1 aliphatic rings. The van der Waals surface area contributed by atoms with Crippen molar-refractivity contribution in [2.24, 2.45) is 5.73 Å². The third kappa shape index (κ3) is 4.18. The zero-order valence-corrected chi connectivity index (χ0v) is 16.1. The maximum absolute atomic E-state index is 6.37. The third-order valence-corrected chi connectivity index (χ3v) is 5.06. The Morgan fingerprint density at radius 3 is 2.32 bits per heavy atom. The van der Waals surface area contributed by atoms with E-state index in [1.807, 2.05) is 42.6 Å². The minimum atomic E-state index is -0.338. The summed E-state index contributed by atoms with van der Waals surface area (Å²) in [5.74, 6) is 0. The van der Waals surface area contributed by atoms with Crippen LogP contribution in [0.25, 0.3) is 16.7 Å². The largest absolute Gasteiger partial charge is 0.372 e. The fourth-order valence-electron chi connectivity index (χ4n) is 3.35. The fourth-order valence-corrected chi connectivity index (χ4v) is 3.55. The topological polar surface area (TPSA) is 50.1 Å². The summed E-state index contributed by atoms with van der Waals surface area (Å²) < 4.78 is 0. The Hall–Kier alpha value is -2.85. The monoisotopic (exact) mass is 387 g/mol. The molecule has 0 amide bonds. The molecule has 0 radical (unpaired) electrons. The molecule has 3 aromatic carbocycles. The number of halogens is 1. The summed E-state index contributed by atoms with van der Waals surface area (Å²) in [4.78, 5) is 0. The standard InChI is InChI=1S/C24H22ClN3/c25-21-9-4-8-20(16-21)23(26)28-24-22(10-5-15-27-24)19-13-11-18(12-14-19)17-6-2-1-3-7-17/h1-16,23-24,27-28H,26H2. The molecule has 1 aliphatic heterocycles. The minimum Gasteiger partial charge on any atom is -0.372 e. The third-order valence-electron chi connectivity index (χ3n) is 4.83. The molecule has 2 atom stereocenters. The van der Waals surface area contributed by atoms with Crippen molar-refractivity contribution in [3.8, 4) is 11.1 Å². The molecule has 0 spiro atoms. The Bertz CT molecular complexity index is 994. The summed E-state index contributed by atoms with van der Waals surface area (Å²) in [7, 11) is 0. The van der Waals surface area contributed by atoms with Crippen molar-refractivity contribution >= 4 is 17.2 Å². The predicted molar refractivity (Wildman–Crippen MR) is 117 cm³/mol. The van der Waals surface area contributed by atoms with Crippen LogP contribution >= 0.6 is 11.6 Å². The van der Waals surface area contributed by atoms with E-state index in [0.29, 0.717) is 5.02 Å². The van der Waals surface area contributed by atoms with Gasteiger partial charge in [0.15, 0.2) is 0 Å². The van der Waals surface area contributed by atoms with Crippen molar-refractivity contribution in [1.82, 2.24) is 10.6 Å². The van der Waals surface area contributed by atoms with E-state index in [9.17, 15) is 0 Å². The number of rotatable bonds is 5. The van der Waals surface area contributed by atoms with Crippen LogP contribution in [0, 0.1) is 0 Å². The molecule has 28 heavy (non-hydrogen) atoms. The molecule has 3 aromatic rings. The van der Waals surface area contributed by atoms with Gasteiger partial charge in [-0.15, -0.1) is 0 Å². The number of dihydropyridines is 1. The Morgan fingerprint density at radius 1 is 0.857 bits per heavy atom. The molecule has 0 aromatic heterocycles. The maximum atomic E-state index is 6.37. The van der Waals surface area contributed by atoms with E-state index in [1.54, 1.807) is 0 Å². The molecule has 4 N–H and O–H groups in total. The number of nitrogens with two attached hydrogens (primary N) is 1. The quantitative estimate of drug-likeness (QED) is 0.535. The predicted octanol–water partition coefficient (Wildman–Crippen LogP) is 5.08. The van der Waals surface area contributed by atoms with Crippen LogP contribution in [0.5, 0.6) is 0 Å². The second-order valence-electron chi connectivity index (χ2n) is 6.72. The first kappa shape index (κ1) is 18.5. The molecule has 3 nitrogen and oxygen atoms in total. The summed E-state index contributed by atoms with van der Waals surface area (Å²) in [6.07, 6.45) is 5.60. The Balaban J connectivity index is 1.54. The summed E-state index contributed by atoms with van der Waals surface area (Å²) in [6.45, 7) is 0. The molecular formula is C24H22ClN3. The Labute approximate surface area is 170 Å². The molecule has 0 saturated heterocycles. The van der Waals surface area contributed by atoms with Crippen molar-refractivity contribution in [3.05, 3.63) is 113 Å². The molecular weight excluding hydrogens is 366 g/mol. The van der Waals surface area contributed by atoms with E-state index in [4.69, 9.17) is 17.3 Å². The van der Waals surface area contributed by atoms with E-state index in [1.165, 1.54) is 11.1 Å². The molecule has 0 aliphatic carbocycles. The molecule has 2 unspecified atom stereocenters. The lowest BCUT2D eigenvalue weighted by atomic mass is 9.97. The van der Waals surface area contributed by atoms with E-state index in [0.717, 1.165) is 16.7 Å². The number of nitrogens with one attached hydrogen (secondary N) is 2. The second-order valence-corrected chi connectivity index (χ2v) is 7.16. The van der Waals surface area contributed by atoms with Crippen LogP contribution in [-0.4, -0.2) is 6.17 Å². The van der Waals surface area contributed by atoms with Gasteiger partial charge in [0, 0.05) is 5.02 Å². The van der Waals surface area contributed by atoms with Gasteiger partial charge in [0.05, 0.1) is 6.17 Å². The number of allylic oxidation sites excluding steroid dienone is 2. The molecule has 140 valence electrons. The van der Waals surface area contributed by atoms with E-state index < -0.39 is 0 Å². The first-order valence-corrected chi connectivity index (χ1v) is 9.64. The lowest BCUT2D eigenvalue weighted by Crippen LogP contribution is -2.46. The highest BCUT2D eigenvalue weighted by Gasteiger charge is 2.19. The van der Waals surface area contributed by atoms with Crippen LogP contribution in [0.4, 0.5) is 0 Å². The highest BCUT2D eigenvalue weighted by molar-refractivity contribution is 6.30.